The van der Waals surface area contributed by atoms with Crippen LogP contribution in [0.2, 0.25) is 0 Å². The third-order valence-corrected chi connectivity index (χ3v) is 5.69. The van der Waals surface area contributed by atoms with E-state index in [9.17, 15) is 13.2 Å². The summed E-state index contributed by atoms with van der Waals surface area (Å²) in [5.74, 6) is 0.111. The molecular weight excluding hydrogens is 368 g/mol. The number of sulfonamides is 1. The highest BCUT2D eigenvalue weighted by Crippen LogP contribution is 2.23. The molecule has 0 aromatic heterocycles. The number of methoxy groups -OCH3 is 1. The number of hydrogen-bond acceptors (Lipinski definition) is 6. The molecule has 3 rings (SSSR count). The van der Waals surface area contributed by atoms with E-state index in [4.69, 9.17) is 9.47 Å². The van der Waals surface area contributed by atoms with Crippen LogP contribution in [0.15, 0.2) is 64.1 Å². The van der Waals surface area contributed by atoms with Crippen molar-refractivity contribution >= 4 is 28.0 Å². The summed E-state index contributed by atoms with van der Waals surface area (Å²) in [4.78, 5) is 16.5. The molecule has 0 fully saturated rings. The number of carbonyl (C=O) groups excluding carboxylic acids is 1. The van der Waals surface area contributed by atoms with Crippen molar-refractivity contribution in [2.24, 2.45) is 4.99 Å². The molecule has 0 atom stereocenters. The summed E-state index contributed by atoms with van der Waals surface area (Å²) in [6.07, 6.45) is 1.58. The van der Waals surface area contributed by atoms with E-state index in [0.29, 0.717) is 11.3 Å². The van der Waals surface area contributed by atoms with Gasteiger partial charge in [0, 0.05) is 19.7 Å². The maximum atomic E-state index is 12.3. The third kappa shape index (κ3) is 3.91. The Morgan fingerprint density at radius 2 is 1.85 bits per heavy atom. The maximum absolute atomic E-state index is 12.3. The van der Waals surface area contributed by atoms with E-state index in [1.807, 2.05) is 0 Å². The standard InChI is InChI=1S/C19H18N2O5S/c1-21(2)27(23,24)16-9-5-7-14(12-16)18-20-17(19(22)26-18)11-13-6-4-8-15(10-13)25-3/h4-12H,1-3H3/b17-11-. The van der Waals surface area contributed by atoms with E-state index < -0.39 is 16.0 Å². The van der Waals surface area contributed by atoms with Gasteiger partial charge in [0.2, 0.25) is 15.9 Å². The molecular formula is C19H18N2O5S. The lowest BCUT2D eigenvalue weighted by atomic mass is 10.2. The fraction of sp³-hybridized carbons (Fsp3) is 0.158. The number of nitrogens with zero attached hydrogens (tertiary/aromatic N) is 2. The minimum Gasteiger partial charge on any atom is -0.497 e. The van der Waals surface area contributed by atoms with Gasteiger partial charge in [0.15, 0.2) is 5.70 Å². The van der Waals surface area contributed by atoms with Crippen LogP contribution in [-0.4, -0.2) is 45.8 Å². The summed E-state index contributed by atoms with van der Waals surface area (Å²) in [6, 6.07) is 13.3. The quantitative estimate of drug-likeness (QED) is 0.581. The van der Waals surface area contributed by atoms with Gasteiger partial charge in [-0.1, -0.05) is 18.2 Å². The molecule has 0 aliphatic carbocycles. The number of aliphatic imine (C=N–C) groups is 1. The fourth-order valence-electron chi connectivity index (χ4n) is 2.42. The van der Waals surface area contributed by atoms with Crippen LogP contribution in [0.5, 0.6) is 5.75 Å². The maximum Gasteiger partial charge on any atom is 0.363 e. The number of rotatable bonds is 5. The normalized spacial score (nSPS) is 15.8. The first kappa shape index (κ1) is 18.8. The molecule has 1 aliphatic heterocycles. The topological polar surface area (TPSA) is 85.3 Å². The molecule has 1 aliphatic rings. The molecule has 0 unspecified atom stereocenters. The van der Waals surface area contributed by atoms with Crippen molar-refractivity contribution < 1.29 is 22.7 Å². The number of hydrogen-bond donors (Lipinski definition) is 0. The average Bonchev–Trinajstić information content (AvgIpc) is 3.02. The fourth-order valence-corrected chi connectivity index (χ4v) is 3.37. The Labute approximate surface area is 157 Å². The van der Waals surface area contributed by atoms with Crippen molar-refractivity contribution in [1.82, 2.24) is 4.31 Å². The van der Waals surface area contributed by atoms with Crippen LogP contribution >= 0.6 is 0 Å². The van der Waals surface area contributed by atoms with Crippen molar-refractivity contribution in [1.29, 1.82) is 0 Å². The predicted molar refractivity (Wildman–Crippen MR) is 101 cm³/mol. The summed E-state index contributed by atoms with van der Waals surface area (Å²) < 4.78 is 36.1. The first-order chi connectivity index (χ1) is 12.8. The molecule has 0 saturated heterocycles. The number of esters is 1. The Morgan fingerprint density at radius 3 is 2.56 bits per heavy atom. The van der Waals surface area contributed by atoms with Crippen molar-refractivity contribution in [3.63, 3.8) is 0 Å². The van der Waals surface area contributed by atoms with Crippen LogP contribution in [0.3, 0.4) is 0 Å². The summed E-state index contributed by atoms with van der Waals surface area (Å²) >= 11 is 0. The van der Waals surface area contributed by atoms with Crippen molar-refractivity contribution in [3.8, 4) is 5.75 Å². The van der Waals surface area contributed by atoms with E-state index in [-0.39, 0.29) is 16.5 Å². The van der Waals surface area contributed by atoms with Gasteiger partial charge in [0.05, 0.1) is 12.0 Å². The van der Waals surface area contributed by atoms with E-state index in [1.54, 1.807) is 49.6 Å². The zero-order chi connectivity index (χ0) is 19.6. The molecule has 140 valence electrons. The van der Waals surface area contributed by atoms with Crippen LogP contribution in [0, 0.1) is 0 Å². The van der Waals surface area contributed by atoms with Crippen LogP contribution in [-0.2, 0) is 19.6 Å². The SMILES string of the molecule is COc1cccc(/C=C2\N=C(c3cccc(S(=O)(=O)N(C)C)c3)OC2=O)c1. The molecule has 1 heterocycles. The monoisotopic (exact) mass is 386 g/mol. The molecule has 0 radical (unpaired) electrons. The minimum absolute atomic E-state index is 0.0601. The Morgan fingerprint density at radius 1 is 1.11 bits per heavy atom. The molecule has 2 aromatic rings. The Bertz CT molecular complexity index is 1060. The number of benzene rings is 2. The van der Waals surface area contributed by atoms with E-state index >= 15 is 0 Å². The van der Waals surface area contributed by atoms with Crippen LogP contribution < -0.4 is 4.74 Å². The largest absolute Gasteiger partial charge is 0.497 e. The molecule has 7 nitrogen and oxygen atoms in total. The van der Waals surface area contributed by atoms with Crippen LogP contribution in [0.4, 0.5) is 0 Å². The van der Waals surface area contributed by atoms with Gasteiger partial charge in [-0.3, -0.25) is 0 Å². The van der Waals surface area contributed by atoms with Gasteiger partial charge in [-0.05, 0) is 42.0 Å². The average molecular weight is 386 g/mol. The van der Waals surface area contributed by atoms with Crippen molar-refractivity contribution in [2.45, 2.75) is 4.90 Å². The van der Waals surface area contributed by atoms with Gasteiger partial charge >= 0.3 is 5.97 Å². The van der Waals surface area contributed by atoms with Gasteiger partial charge in [-0.15, -0.1) is 0 Å². The summed E-state index contributed by atoms with van der Waals surface area (Å²) in [5, 5.41) is 0. The van der Waals surface area contributed by atoms with Gasteiger partial charge < -0.3 is 9.47 Å². The van der Waals surface area contributed by atoms with E-state index in [2.05, 4.69) is 4.99 Å². The van der Waals surface area contributed by atoms with E-state index in [0.717, 1.165) is 9.87 Å². The minimum atomic E-state index is -3.60. The Hall–Kier alpha value is -2.97. The highest BCUT2D eigenvalue weighted by Gasteiger charge is 2.26. The van der Waals surface area contributed by atoms with Crippen LogP contribution in [0.1, 0.15) is 11.1 Å². The molecule has 0 spiro atoms. The molecule has 8 heteroatoms. The van der Waals surface area contributed by atoms with Gasteiger partial charge in [-0.25, -0.2) is 22.5 Å². The number of cyclic esters (lactones) is 1. The van der Waals surface area contributed by atoms with Gasteiger partial charge in [0.1, 0.15) is 5.75 Å². The molecule has 0 saturated carbocycles. The van der Waals surface area contributed by atoms with Crippen molar-refractivity contribution in [2.75, 3.05) is 21.2 Å². The lowest BCUT2D eigenvalue weighted by Gasteiger charge is -2.11. The smallest absolute Gasteiger partial charge is 0.363 e. The first-order valence-electron chi connectivity index (χ1n) is 8.01. The zero-order valence-corrected chi connectivity index (χ0v) is 15.9. The summed E-state index contributed by atoms with van der Waals surface area (Å²) in [5.41, 5.74) is 1.26. The highest BCUT2D eigenvalue weighted by molar-refractivity contribution is 7.89. The predicted octanol–water partition coefficient (Wildman–Crippen LogP) is 2.29. The number of carbonyl (C=O) groups is 1. The lowest BCUT2D eigenvalue weighted by Crippen LogP contribution is -2.22. The highest BCUT2D eigenvalue weighted by atomic mass is 32.2. The third-order valence-electron chi connectivity index (χ3n) is 3.88. The second kappa shape index (κ2) is 7.34. The first-order valence-corrected chi connectivity index (χ1v) is 9.45. The van der Waals surface area contributed by atoms with Gasteiger partial charge in [-0.2, -0.15) is 0 Å². The molecule has 0 bridgehead atoms. The zero-order valence-electron chi connectivity index (χ0n) is 15.0. The second-order valence-electron chi connectivity index (χ2n) is 5.93. The second-order valence-corrected chi connectivity index (χ2v) is 8.08. The number of ether oxygens (including phenoxy) is 2. The Kier molecular flexibility index (Phi) is 5.11. The van der Waals surface area contributed by atoms with Crippen LogP contribution in [0.25, 0.3) is 6.08 Å². The molecule has 2 aromatic carbocycles. The lowest BCUT2D eigenvalue weighted by molar-refractivity contribution is -0.129. The molecule has 0 N–H and O–H groups in total. The summed E-state index contributed by atoms with van der Waals surface area (Å²) in [7, 11) is 0.851. The molecule has 0 amide bonds. The Balaban J connectivity index is 1.96. The molecule has 27 heavy (non-hydrogen) atoms. The summed E-state index contributed by atoms with van der Waals surface area (Å²) in [6.45, 7) is 0. The van der Waals surface area contributed by atoms with Crippen molar-refractivity contribution in [3.05, 3.63) is 65.4 Å². The van der Waals surface area contributed by atoms with E-state index in [1.165, 1.54) is 26.2 Å². The van der Waals surface area contributed by atoms with Gasteiger partial charge in [0.25, 0.3) is 0 Å².